The Hall–Kier alpha value is -0.740. The molecule has 0 aromatic rings. The third kappa shape index (κ3) is 2.24. The van der Waals surface area contributed by atoms with Crippen LogP contribution in [0.5, 0.6) is 0 Å². The van der Waals surface area contributed by atoms with Crippen LogP contribution >= 0.6 is 0 Å². The Balaban J connectivity index is 2.26. The maximum Gasteiger partial charge on any atom is 0.391 e. The van der Waals surface area contributed by atoms with Gasteiger partial charge in [-0.3, -0.25) is 0 Å². The normalized spacial score (nSPS) is 24.9. The number of hydrazone groups is 1. The quantitative estimate of drug-likeness (QED) is 0.601. The number of halogens is 3. The molecule has 0 aromatic heterocycles. The van der Waals surface area contributed by atoms with Crippen LogP contribution in [0.3, 0.4) is 0 Å². The minimum Gasteiger partial charge on any atom is -0.307 e. The highest BCUT2D eigenvalue weighted by atomic mass is 19.4. The van der Waals surface area contributed by atoms with Crippen LogP contribution in [0.25, 0.3) is 0 Å². The fourth-order valence-electron chi connectivity index (χ4n) is 0.799. The van der Waals surface area contributed by atoms with E-state index in [9.17, 15) is 13.2 Å². The van der Waals surface area contributed by atoms with Crippen molar-refractivity contribution in [2.24, 2.45) is 5.10 Å². The van der Waals surface area contributed by atoms with Crippen LogP contribution in [0, 0.1) is 0 Å². The summed E-state index contributed by atoms with van der Waals surface area (Å²) < 4.78 is 34.8. The molecule has 1 unspecified atom stereocenters. The first kappa shape index (κ1) is 7.37. The Morgan fingerprint density at radius 1 is 1.60 bits per heavy atom. The van der Waals surface area contributed by atoms with E-state index in [1.807, 2.05) is 0 Å². The van der Waals surface area contributed by atoms with Crippen molar-refractivity contribution in [3.63, 3.8) is 0 Å². The third-order valence-corrected chi connectivity index (χ3v) is 1.22. The molecule has 0 radical (unpaired) electrons. The maximum absolute atomic E-state index is 11.6. The Morgan fingerprint density at radius 2 is 2.30 bits per heavy atom. The lowest BCUT2D eigenvalue weighted by molar-refractivity contribution is -0.139. The fraction of sp³-hybridized carbons (Fsp3) is 0.800. The van der Waals surface area contributed by atoms with Crippen LogP contribution in [0.2, 0.25) is 0 Å². The van der Waals surface area contributed by atoms with Crippen LogP contribution in [-0.4, -0.2) is 18.4 Å². The lowest BCUT2D eigenvalue weighted by Crippen LogP contribution is -2.26. The van der Waals surface area contributed by atoms with Gasteiger partial charge in [0.25, 0.3) is 0 Å². The highest BCUT2D eigenvalue weighted by Gasteiger charge is 2.32. The Morgan fingerprint density at radius 3 is 2.70 bits per heavy atom. The first-order chi connectivity index (χ1) is 4.58. The largest absolute Gasteiger partial charge is 0.391 e. The van der Waals surface area contributed by atoms with Gasteiger partial charge in [-0.1, -0.05) is 0 Å². The van der Waals surface area contributed by atoms with E-state index in [1.54, 1.807) is 0 Å². The second-order valence-electron chi connectivity index (χ2n) is 2.19. The SMILES string of the molecule is FC(F)(F)CC1CC=NN1. The van der Waals surface area contributed by atoms with Crippen molar-refractivity contribution in [1.82, 2.24) is 5.43 Å². The van der Waals surface area contributed by atoms with Gasteiger partial charge in [-0.2, -0.15) is 18.3 Å². The van der Waals surface area contributed by atoms with E-state index in [-0.39, 0.29) is 0 Å². The van der Waals surface area contributed by atoms with Gasteiger partial charge in [0.15, 0.2) is 0 Å². The zero-order valence-electron chi connectivity index (χ0n) is 5.15. The van der Waals surface area contributed by atoms with E-state index in [0.29, 0.717) is 6.42 Å². The molecule has 0 saturated heterocycles. The van der Waals surface area contributed by atoms with Gasteiger partial charge >= 0.3 is 6.18 Å². The predicted octanol–water partition coefficient (Wildman–Crippen LogP) is 1.29. The third-order valence-electron chi connectivity index (χ3n) is 1.22. The van der Waals surface area contributed by atoms with E-state index in [2.05, 4.69) is 10.5 Å². The molecular weight excluding hydrogens is 145 g/mol. The molecule has 0 aromatic carbocycles. The van der Waals surface area contributed by atoms with Gasteiger partial charge < -0.3 is 5.43 Å². The number of hydrogen-bond acceptors (Lipinski definition) is 2. The van der Waals surface area contributed by atoms with Crippen molar-refractivity contribution in [2.45, 2.75) is 25.1 Å². The molecular formula is C5H7F3N2. The summed E-state index contributed by atoms with van der Waals surface area (Å²) in [6.45, 7) is 0. The summed E-state index contributed by atoms with van der Waals surface area (Å²) in [6, 6.07) is -0.542. The molecule has 0 fully saturated rings. The zero-order valence-corrected chi connectivity index (χ0v) is 5.15. The highest BCUT2D eigenvalue weighted by Crippen LogP contribution is 2.23. The van der Waals surface area contributed by atoms with Gasteiger partial charge in [0, 0.05) is 12.6 Å². The molecule has 10 heavy (non-hydrogen) atoms. The number of alkyl halides is 3. The number of nitrogens with zero attached hydrogens (tertiary/aromatic N) is 1. The molecule has 1 N–H and O–H groups in total. The van der Waals surface area contributed by atoms with Crippen molar-refractivity contribution in [3.8, 4) is 0 Å². The van der Waals surface area contributed by atoms with Gasteiger partial charge in [0.05, 0.1) is 12.5 Å². The summed E-state index contributed by atoms with van der Waals surface area (Å²) in [5, 5.41) is 3.47. The van der Waals surface area contributed by atoms with Crippen molar-refractivity contribution < 1.29 is 13.2 Å². The highest BCUT2D eigenvalue weighted by molar-refractivity contribution is 5.59. The Bertz CT molecular complexity index is 132. The van der Waals surface area contributed by atoms with Crippen molar-refractivity contribution in [2.75, 3.05) is 0 Å². The molecule has 58 valence electrons. The molecule has 1 rings (SSSR count). The second kappa shape index (κ2) is 2.48. The standard InChI is InChI=1S/C5H7F3N2/c6-5(7,8)3-4-1-2-9-10-4/h2,4,10H,1,3H2. The van der Waals surface area contributed by atoms with E-state index < -0.39 is 18.6 Å². The molecule has 0 spiro atoms. The molecule has 0 aliphatic carbocycles. The van der Waals surface area contributed by atoms with E-state index in [1.165, 1.54) is 6.21 Å². The average molecular weight is 152 g/mol. The molecule has 1 aliphatic heterocycles. The summed E-state index contributed by atoms with van der Waals surface area (Å²) in [7, 11) is 0. The summed E-state index contributed by atoms with van der Waals surface area (Å²) >= 11 is 0. The number of hydrogen-bond donors (Lipinski definition) is 1. The average Bonchev–Trinajstić information content (AvgIpc) is 2.12. The molecule has 2 nitrogen and oxygen atoms in total. The summed E-state index contributed by atoms with van der Waals surface area (Å²) in [4.78, 5) is 0. The van der Waals surface area contributed by atoms with Crippen LogP contribution in [0.4, 0.5) is 13.2 Å². The van der Waals surface area contributed by atoms with E-state index in [0.717, 1.165) is 0 Å². The summed E-state index contributed by atoms with van der Waals surface area (Å²) in [5.41, 5.74) is 2.36. The Labute approximate surface area is 56.1 Å². The first-order valence-corrected chi connectivity index (χ1v) is 2.92. The van der Waals surface area contributed by atoms with Gasteiger partial charge in [0.1, 0.15) is 0 Å². The van der Waals surface area contributed by atoms with Gasteiger partial charge in [-0.05, 0) is 0 Å². The lowest BCUT2D eigenvalue weighted by Gasteiger charge is -2.11. The molecule has 0 bridgehead atoms. The van der Waals surface area contributed by atoms with Crippen LogP contribution in [0.1, 0.15) is 12.8 Å². The minimum absolute atomic E-state index is 0.375. The van der Waals surface area contributed by atoms with Crippen LogP contribution < -0.4 is 5.43 Å². The molecule has 1 heterocycles. The maximum atomic E-state index is 11.6. The molecule has 1 atom stereocenters. The zero-order chi connectivity index (χ0) is 7.61. The smallest absolute Gasteiger partial charge is 0.307 e. The Kier molecular flexibility index (Phi) is 1.82. The van der Waals surface area contributed by atoms with Gasteiger partial charge in [0.2, 0.25) is 0 Å². The van der Waals surface area contributed by atoms with Crippen molar-refractivity contribution in [3.05, 3.63) is 0 Å². The van der Waals surface area contributed by atoms with E-state index >= 15 is 0 Å². The first-order valence-electron chi connectivity index (χ1n) is 2.92. The molecule has 0 amide bonds. The molecule has 5 heteroatoms. The van der Waals surface area contributed by atoms with Crippen LogP contribution in [-0.2, 0) is 0 Å². The van der Waals surface area contributed by atoms with Gasteiger partial charge in [-0.25, -0.2) is 0 Å². The summed E-state index contributed by atoms with van der Waals surface area (Å²) in [5.74, 6) is 0. The monoisotopic (exact) mass is 152 g/mol. The molecule has 1 aliphatic rings. The van der Waals surface area contributed by atoms with E-state index in [4.69, 9.17) is 0 Å². The number of rotatable bonds is 1. The topological polar surface area (TPSA) is 24.4 Å². The predicted molar refractivity (Wildman–Crippen MR) is 30.7 cm³/mol. The second-order valence-corrected chi connectivity index (χ2v) is 2.19. The summed E-state index contributed by atoms with van der Waals surface area (Å²) in [6.07, 6.45) is -3.05. The molecule has 0 saturated carbocycles. The van der Waals surface area contributed by atoms with Crippen LogP contribution in [0.15, 0.2) is 5.10 Å². The fourth-order valence-corrected chi connectivity index (χ4v) is 0.799. The number of nitrogens with one attached hydrogen (secondary N) is 1. The van der Waals surface area contributed by atoms with Crippen molar-refractivity contribution >= 4 is 6.21 Å². The van der Waals surface area contributed by atoms with Crippen molar-refractivity contribution in [1.29, 1.82) is 0 Å². The van der Waals surface area contributed by atoms with Gasteiger partial charge in [-0.15, -0.1) is 0 Å². The minimum atomic E-state index is -4.08. The lowest BCUT2D eigenvalue weighted by atomic mass is 10.2.